The fourth-order valence-corrected chi connectivity index (χ4v) is 3.76. The molecule has 1 N–H and O–H groups in total. The van der Waals surface area contributed by atoms with Crippen LogP contribution < -0.4 is 5.32 Å². The van der Waals surface area contributed by atoms with Gasteiger partial charge in [-0.3, -0.25) is 4.79 Å². The lowest BCUT2D eigenvalue weighted by atomic mass is 9.81. The summed E-state index contributed by atoms with van der Waals surface area (Å²) in [6.45, 7) is 6.87. The molecule has 0 spiro atoms. The van der Waals surface area contributed by atoms with Crippen molar-refractivity contribution < 1.29 is 17.9 Å². The lowest BCUT2D eigenvalue weighted by molar-refractivity contribution is -0.142. The van der Waals surface area contributed by atoms with E-state index in [1.165, 1.54) is 6.07 Å². The van der Waals surface area contributed by atoms with Crippen molar-refractivity contribution in [2.45, 2.75) is 38.5 Å². The number of carbonyl (C=O) groups is 1. The van der Waals surface area contributed by atoms with Gasteiger partial charge in [0.05, 0.1) is 18.7 Å². The van der Waals surface area contributed by atoms with Crippen LogP contribution in [0.4, 0.5) is 5.69 Å². The molecule has 0 radical (unpaired) electrons. The summed E-state index contributed by atoms with van der Waals surface area (Å²) < 4.78 is 28.6. The Balaban J connectivity index is 2.48. The first-order chi connectivity index (χ1) is 10.1. The van der Waals surface area contributed by atoms with Gasteiger partial charge in [0.1, 0.15) is 4.90 Å². The number of fused-ring (bicyclic) bond motifs is 1. The van der Waals surface area contributed by atoms with Crippen molar-refractivity contribution >= 4 is 31.4 Å². The van der Waals surface area contributed by atoms with Crippen LogP contribution in [0.2, 0.25) is 0 Å². The molecule has 1 aliphatic heterocycles. The zero-order valence-electron chi connectivity index (χ0n) is 12.9. The third-order valence-electron chi connectivity index (χ3n) is 3.57. The van der Waals surface area contributed by atoms with Crippen molar-refractivity contribution in [1.29, 1.82) is 0 Å². The third kappa shape index (κ3) is 3.93. The number of rotatable bonds is 4. The smallest absolute Gasteiger partial charge is 0.310 e. The minimum atomic E-state index is -3.89. The van der Waals surface area contributed by atoms with E-state index in [1.807, 2.05) is 6.07 Å². The van der Waals surface area contributed by atoms with E-state index in [0.29, 0.717) is 30.8 Å². The summed E-state index contributed by atoms with van der Waals surface area (Å²) >= 11 is 0. The molecule has 7 heteroatoms. The first kappa shape index (κ1) is 17.1. The molecule has 1 aromatic carbocycles. The molecular weight excluding hydrogens is 326 g/mol. The van der Waals surface area contributed by atoms with Gasteiger partial charge in [0.2, 0.25) is 0 Å². The van der Waals surface area contributed by atoms with Crippen LogP contribution in [0.25, 0.3) is 0 Å². The summed E-state index contributed by atoms with van der Waals surface area (Å²) in [4.78, 5) is 11.7. The van der Waals surface area contributed by atoms with Gasteiger partial charge in [-0.25, -0.2) is 8.42 Å². The summed E-state index contributed by atoms with van der Waals surface area (Å²) in [5.74, 6) is -0.386. The lowest BCUT2D eigenvalue weighted by Crippen LogP contribution is -2.31. The quantitative estimate of drug-likeness (QED) is 0.671. The summed E-state index contributed by atoms with van der Waals surface area (Å²) in [7, 11) is 1.66. The van der Waals surface area contributed by atoms with Crippen LogP contribution in [-0.4, -0.2) is 27.5 Å². The number of benzene rings is 1. The van der Waals surface area contributed by atoms with Crippen LogP contribution in [-0.2, 0) is 31.4 Å². The van der Waals surface area contributed by atoms with Gasteiger partial charge >= 0.3 is 5.97 Å². The van der Waals surface area contributed by atoms with E-state index in [0.717, 1.165) is 5.56 Å². The maximum absolute atomic E-state index is 11.8. The number of nitrogens with one attached hydrogen (secondary N) is 1. The number of halogens is 1. The molecule has 0 atom stereocenters. The Morgan fingerprint density at radius 2 is 2.09 bits per heavy atom. The molecule has 0 fully saturated rings. The molecule has 122 valence electrons. The first-order valence-corrected chi connectivity index (χ1v) is 9.43. The second-order valence-corrected chi connectivity index (χ2v) is 8.78. The number of ether oxygens (including phenoxy) is 1. The van der Waals surface area contributed by atoms with Gasteiger partial charge in [0, 0.05) is 17.2 Å². The molecule has 0 saturated carbocycles. The zero-order chi connectivity index (χ0) is 16.5. The van der Waals surface area contributed by atoms with Crippen LogP contribution in [0.5, 0.6) is 0 Å². The van der Waals surface area contributed by atoms with Crippen molar-refractivity contribution in [3.05, 3.63) is 23.3 Å². The Morgan fingerprint density at radius 3 is 2.68 bits per heavy atom. The molecule has 1 heterocycles. The largest absolute Gasteiger partial charge is 0.466 e. The van der Waals surface area contributed by atoms with E-state index in [9.17, 15) is 13.2 Å². The molecule has 5 nitrogen and oxygen atoms in total. The van der Waals surface area contributed by atoms with Gasteiger partial charge in [-0.15, -0.1) is 0 Å². The summed E-state index contributed by atoms with van der Waals surface area (Å²) in [6, 6.07) is 3.30. The van der Waals surface area contributed by atoms with E-state index >= 15 is 0 Å². The molecule has 1 aliphatic rings. The highest BCUT2D eigenvalue weighted by Gasteiger charge is 2.30. The van der Waals surface area contributed by atoms with E-state index in [1.54, 1.807) is 6.92 Å². The fourth-order valence-electron chi connectivity index (χ4n) is 2.66. The van der Waals surface area contributed by atoms with Crippen LogP contribution in [0.3, 0.4) is 0 Å². The SMILES string of the molecule is CCOC(=O)Cc1cc2c(c(S(=O)(=O)Cl)c1)NCC(C)(C)C2. The van der Waals surface area contributed by atoms with Crippen molar-refractivity contribution in [2.24, 2.45) is 5.41 Å². The predicted octanol–water partition coefficient (Wildman–Crippen LogP) is 2.71. The van der Waals surface area contributed by atoms with Crippen LogP contribution >= 0.6 is 10.7 Å². The van der Waals surface area contributed by atoms with Gasteiger partial charge in [0.25, 0.3) is 9.05 Å². The lowest BCUT2D eigenvalue weighted by Gasteiger charge is -2.33. The highest BCUT2D eigenvalue weighted by molar-refractivity contribution is 8.13. The summed E-state index contributed by atoms with van der Waals surface area (Å²) in [6.07, 6.45) is 0.742. The molecular formula is C15H20ClNO4S. The Hall–Kier alpha value is -1.27. The van der Waals surface area contributed by atoms with Crippen molar-refractivity contribution in [3.63, 3.8) is 0 Å². The predicted molar refractivity (Wildman–Crippen MR) is 85.8 cm³/mol. The van der Waals surface area contributed by atoms with Gasteiger partial charge in [-0.2, -0.15) is 0 Å². The van der Waals surface area contributed by atoms with E-state index in [2.05, 4.69) is 19.2 Å². The maximum atomic E-state index is 11.8. The number of anilines is 1. The number of carbonyl (C=O) groups excluding carboxylic acids is 1. The first-order valence-electron chi connectivity index (χ1n) is 7.12. The molecule has 0 aromatic heterocycles. The Kier molecular flexibility index (Phi) is 4.73. The minimum absolute atomic E-state index is 0.00287. The average Bonchev–Trinajstić information content (AvgIpc) is 2.35. The molecule has 0 amide bonds. The maximum Gasteiger partial charge on any atom is 0.310 e. The van der Waals surface area contributed by atoms with E-state index < -0.39 is 9.05 Å². The molecule has 0 unspecified atom stereocenters. The van der Waals surface area contributed by atoms with Crippen molar-refractivity contribution in [2.75, 3.05) is 18.5 Å². The minimum Gasteiger partial charge on any atom is -0.466 e. The molecule has 1 aromatic rings. The number of hydrogen-bond donors (Lipinski definition) is 1. The topological polar surface area (TPSA) is 72.5 Å². The zero-order valence-corrected chi connectivity index (χ0v) is 14.5. The van der Waals surface area contributed by atoms with E-state index in [4.69, 9.17) is 15.4 Å². The van der Waals surface area contributed by atoms with Gasteiger partial charge < -0.3 is 10.1 Å². The van der Waals surface area contributed by atoms with Gasteiger partial charge in [-0.1, -0.05) is 19.9 Å². The van der Waals surface area contributed by atoms with Crippen LogP contribution in [0, 0.1) is 5.41 Å². The molecule has 22 heavy (non-hydrogen) atoms. The third-order valence-corrected chi connectivity index (χ3v) is 4.92. The van der Waals surface area contributed by atoms with Gasteiger partial charge in [0.15, 0.2) is 0 Å². The molecule has 0 saturated heterocycles. The fraction of sp³-hybridized carbons (Fsp3) is 0.533. The Bertz CT molecular complexity index is 698. The van der Waals surface area contributed by atoms with Crippen LogP contribution in [0.1, 0.15) is 31.9 Å². The highest BCUT2D eigenvalue weighted by Crippen LogP contribution is 2.38. The van der Waals surface area contributed by atoms with Crippen molar-refractivity contribution in [1.82, 2.24) is 0 Å². The van der Waals surface area contributed by atoms with Crippen molar-refractivity contribution in [3.8, 4) is 0 Å². The number of hydrogen-bond acceptors (Lipinski definition) is 5. The standard InChI is InChI=1S/C15H20ClNO4S/c1-4-21-13(18)7-10-5-11-8-15(2,3)9-17-14(11)12(6-10)22(16,19)20/h5-6,17H,4,7-9H2,1-3H3. The molecule has 0 bridgehead atoms. The van der Waals surface area contributed by atoms with Crippen LogP contribution in [0.15, 0.2) is 17.0 Å². The van der Waals surface area contributed by atoms with Gasteiger partial charge in [-0.05, 0) is 36.0 Å². The summed E-state index contributed by atoms with van der Waals surface area (Å²) in [5.41, 5.74) is 2.00. The average molecular weight is 346 g/mol. The molecule has 2 rings (SSSR count). The Morgan fingerprint density at radius 1 is 1.41 bits per heavy atom. The van der Waals surface area contributed by atoms with E-state index in [-0.39, 0.29) is 22.7 Å². The highest BCUT2D eigenvalue weighted by atomic mass is 35.7. The normalized spacial score (nSPS) is 16.5. The second-order valence-electron chi connectivity index (χ2n) is 6.24. The monoisotopic (exact) mass is 345 g/mol. The molecule has 0 aliphatic carbocycles. The Labute approximate surface area is 135 Å². The summed E-state index contributed by atoms with van der Waals surface area (Å²) in [5, 5.41) is 3.15. The number of esters is 1. The second kappa shape index (κ2) is 6.08.